The lowest BCUT2D eigenvalue weighted by Crippen LogP contribution is -2.12. The van der Waals surface area contributed by atoms with Crippen LogP contribution in [0, 0.1) is 0 Å². The van der Waals surface area contributed by atoms with E-state index in [9.17, 15) is 18.0 Å². The van der Waals surface area contributed by atoms with E-state index in [4.69, 9.17) is 4.42 Å². The smallest absolute Gasteiger partial charge is 0.416 e. The van der Waals surface area contributed by atoms with Crippen molar-refractivity contribution in [3.8, 4) is 11.5 Å². The van der Waals surface area contributed by atoms with Gasteiger partial charge in [0.25, 0.3) is 0 Å². The molecule has 0 aliphatic rings. The monoisotopic (exact) mass is 332 g/mol. The highest BCUT2D eigenvalue weighted by atomic mass is 19.4. The molecule has 0 radical (unpaired) electrons. The topological polar surface area (TPSA) is 58.9 Å². The van der Waals surface area contributed by atoms with Gasteiger partial charge in [0.15, 0.2) is 5.76 Å². The highest BCUT2D eigenvalue weighted by Crippen LogP contribution is 2.32. The van der Waals surface area contributed by atoms with E-state index in [2.05, 4.69) is 9.97 Å². The van der Waals surface area contributed by atoms with Gasteiger partial charge < -0.3 is 9.40 Å². The molecule has 0 spiro atoms. The fourth-order valence-corrected chi connectivity index (χ4v) is 2.20. The minimum absolute atomic E-state index is 0.00205. The summed E-state index contributed by atoms with van der Waals surface area (Å²) in [5.74, 6) is 0.395. The molecule has 0 aliphatic heterocycles. The zero-order chi connectivity index (χ0) is 17.2. The fourth-order valence-electron chi connectivity index (χ4n) is 2.20. The average molecular weight is 332 g/mol. The summed E-state index contributed by atoms with van der Waals surface area (Å²) in [7, 11) is 0. The summed E-state index contributed by atoms with van der Waals surface area (Å²) in [6.07, 6.45) is -0.334. The van der Waals surface area contributed by atoms with Crippen molar-refractivity contribution >= 4 is 12.2 Å². The van der Waals surface area contributed by atoms with E-state index >= 15 is 0 Å². The summed E-state index contributed by atoms with van der Waals surface area (Å²) in [4.78, 5) is 17.9. The van der Waals surface area contributed by atoms with Crippen molar-refractivity contribution in [3.05, 3.63) is 76.0 Å². The van der Waals surface area contributed by atoms with Crippen LogP contribution in [0.2, 0.25) is 0 Å². The molecule has 0 fully saturated rings. The number of nitrogens with zero attached hydrogens (tertiary/aromatic N) is 1. The molecule has 4 nitrogen and oxygen atoms in total. The first-order valence-electron chi connectivity index (χ1n) is 6.93. The zero-order valence-electron chi connectivity index (χ0n) is 12.2. The van der Waals surface area contributed by atoms with Gasteiger partial charge in [-0.25, -0.2) is 4.79 Å². The van der Waals surface area contributed by atoms with Crippen LogP contribution in [-0.4, -0.2) is 9.97 Å². The minimum Gasteiger partial charge on any atom is -0.463 e. The number of aromatic amines is 1. The van der Waals surface area contributed by atoms with Gasteiger partial charge in [0.2, 0.25) is 0 Å². The van der Waals surface area contributed by atoms with E-state index in [0.717, 1.165) is 6.07 Å². The molecule has 0 amide bonds. The Bertz CT molecular complexity index is 926. The van der Waals surface area contributed by atoms with Crippen LogP contribution in [0.5, 0.6) is 0 Å². The van der Waals surface area contributed by atoms with Gasteiger partial charge in [-0.15, -0.1) is 0 Å². The molecule has 3 rings (SSSR count). The van der Waals surface area contributed by atoms with Crippen LogP contribution in [-0.2, 0) is 6.18 Å². The van der Waals surface area contributed by atoms with Crippen LogP contribution in [0.1, 0.15) is 16.8 Å². The summed E-state index contributed by atoms with van der Waals surface area (Å²) >= 11 is 0. The van der Waals surface area contributed by atoms with Crippen LogP contribution in [0.3, 0.4) is 0 Å². The summed E-state index contributed by atoms with van der Waals surface area (Å²) in [5.41, 5.74) is -0.746. The third-order valence-electron chi connectivity index (χ3n) is 3.25. The van der Waals surface area contributed by atoms with Gasteiger partial charge in [-0.3, -0.25) is 0 Å². The Labute approximate surface area is 134 Å². The number of furan rings is 1. The Morgan fingerprint density at radius 3 is 2.58 bits per heavy atom. The van der Waals surface area contributed by atoms with E-state index in [1.54, 1.807) is 12.1 Å². The predicted octanol–water partition coefficient (Wildman–Crippen LogP) is 4.22. The first-order valence-corrected chi connectivity index (χ1v) is 6.93. The Balaban J connectivity index is 1.98. The molecule has 1 N–H and O–H groups in total. The largest absolute Gasteiger partial charge is 0.463 e. The number of benzene rings is 1. The number of aromatic nitrogens is 2. The maximum absolute atomic E-state index is 13.0. The van der Waals surface area contributed by atoms with Crippen LogP contribution >= 0.6 is 0 Å². The molecule has 0 unspecified atom stereocenters. The van der Waals surface area contributed by atoms with Crippen molar-refractivity contribution in [1.29, 1.82) is 0 Å². The number of H-pyrrole nitrogens is 1. The molecule has 0 saturated carbocycles. The van der Waals surface area contributed by atoms with Crippen LogP contribution in [0.25, 0.3) is 23.6 Å². The maximum Gasteiger partial charge on any atom is 0.416 e. The molecular weight excluding hydrogens is 321 g/mol. The molecule has 24 heavy (non-hydrogen) atoms. The average Bonchev–Trinajstić information content (AvgIpc) is 3.06. The first kappa shape index (κ1) is 15.8. The second-order valence-electron chi connectivity index (χ2n) is 4.92. The van der Waals surface area contributed by atoms with Gasteiger partial charge in [-0.2, -0.15) is 18.2 Å². The molecule has 2 heterocycles. The molecule has 0 atom stereocenters. The summed E-state index contributed by atoms with van der Waals surface area (Å²) in [5, 5.41) is 0. The van der Waals surface area contributed by atoms with E-state index in [1.807, 2.05) is 0 Å². The summed E-state index contributed by atoms with van der Waals surface area (Å²) in [6.45, 7) is 0. The van der Waals surface area contributed by atoms with Crippen molar-refractivity contribution in [2.24, 2.45) is 0 Å². The van der Waals surface area contributed by atoms with Crippen LogP contribution in [0.15, 0.2) is 57.9 Å². The molecule has 0 saturated heterocycles. The lowest BCUT2D eigenvalue weighted by atomic mass is 10.1. The van der Waals surface area contributed by atoms with E-state index < -0.39 is 17.4 Å². The van der Waals surface area contributed by atoms with Gasteiger partial charge in [-0.1, -0.05) is 24.3 Å². The van der Waals surface area contributed by atoms with Gasteiger partial charge in [-0.05, 0) is 35.9 Å². The number of alkyl halides is 3. The number of halogens is 3. The van der Waals surface area contributed by atoms with Crippen LogP contribution < -0.4 is 5.69 Å². The lowest BCUT2D eigenvalue weighted by Gasteiger charge is -2.09. The number of hydrogen-bond acceptors (Lipinski definition) is 3. The second kappa shape index (κ2) is 6.19. The molecule has 7 heteroatoms. The third kappa shape index (κ3) is 3.45. The van der Waals surface area contributed by atoms with Crippen molar-refractivity contribution in [2.75, 3.05) is 0 Å². The van der Waals surface area contributed by atoms with Crippen LogP contribution in [0.4, 0.5) is 13.2 Å². The Kier molecular flexibility index (Phi) is 4.07. The predicted molar refractivity (Wildman–Crippen MR) is 82.9 cm³/mol. The van der Waals surface area contributed by atoms with Gasteiger partial charge in [0.05, 0.1) is 11.8 Å². The zero-order valence-corrected chi connectivity index (χ0v) is 12.2. The Hall–Kier alpha value is -3.09. The lowest BCUT2D eigenvalue weighted by molar-refractivity contribution is -0.137. The van der Waals surface area contributed by atoms with Crippen molar-refractivity contribution < 1.29 is 17.6 Å². The highest BCUT2D eigenvalue weighted by molar-refractivity contribution is 5.71. The van der Waals surface area contributed by atoms with E-state index in [-0.39, 0.29) is 5.56 Å². The molecule has 3 aromatic rings. The number of rotatable bonds is 3. The van der Waals surface area contributed by atoms with Crippen molar-refractivity contribution in [3.63, 3.8) is 0 Å². The SMILES string of the molecule is O=c1nc(-c2ccco2)cc(/C=C/c2ccccc2C(F)(F)F)[nH]1. The fraction of sp³-hybridized carbons (Fsp3) is 0.0588. The van der Waals surface area contributed by atoms with Gasteiger partial charge >= 0.3 is 11.9 Å². The summed E-state index contributed by atoms with van der Waals surface area (Å²) in [6, 6.07) is 9.99. The van der Waals surface area contributed by atoms with Gasteiger partial charge in [0.1, 0.15) is 5.69 Å². The first-order chi connectivity index (χ1) is 11.4. The molecule has 2 aromatic heterocycles. The minimum atomic E-state index is -4.45. The summed E-state index contributed by atoms with van der Waals surface area (Å²) < 4.78 is 44.1. The third-order valence-corrected chi connectivity index (χ3v) is 3.25. The van der Waals surface area contributed by atoms with Crippen molar-refractivity contribution in [2.45, 2.75) is 6.18 Å². The van der Waals surface area contributed by atoms with E-state index in [1.165, 1.54) is 42.7 Å². The molecular formula is C17H11F3N2O2. The Morgan fingerprint density at radius 2 is 1.88 bits per heavy atom. The molecule has 0 bridgehead atoms. The standard InChI is InChI=1S/C17H11F3N2O2/c18-17(19,20)13-5-2-1-4-11(13)7-8-12-10-14(22-16(23)21-12)15-6-3-9-24-15/h1-10H,(H,21,22,23)/b8-7+. The number of hydrogen-bond donors (Lipinski definition) is 1. The normalized spacial score (nSPS) is 12.0. The maximum atomic E-state index is 13.0. The quantitative estimate of drug-likeness (QED) is 0.781. The molecule has 122 valence electrons. The Morgan fingerprint density at radius 1 is 1.08 bits per heavy atom. The number of nitrogens with one attached hydrogen (secondary N) is 1. The molecule has 1 aromatic carbocycles. The van der Waals surface area contributed by atoms with E-state index in [0.29, 0.717) is 17.1 Å². The van der Waals surface area contributed by atoms with Gasteiger partial charge in [0, 0.05) is 5.69 Å². The second-order valence-corrected chi connectivity index (χ2v) is 4.92. The van der Waals surface area contributed by atoms with Crippen molar-refractivity contribution in [1.82, 2.24) is 9.97 Å². The molecule has 0 aliphatic carbocycles. The highest BCUT2D eigenvalue weighted by Gasteiger charge is 2.32.